The van der Waals surface area contributed by atoms with E-state index >= 15 is 0 Å². The van der Waals surface area contributed by atoms with Crippen molar-refractivity contribution < 1.29 is 14.3 Å². The molecule has 0 N–H and O–H groups in total. The van der Waals surface area contributed by atoms with Gasteiger partial charge in [0.2, 0.25) is 11.8 Å². The highest BCUT2D eigenvalue weighted by atomic mass is 79.9. The Bertz CT molecular complexity index is 594. The molecule has 3 rings (SSSR count). The van der Waals surface area contributed by atoms with E-state index < -0.39 is 0 Å². The Kier molecular flexibility index (Phi) is 4.73. The number of carbonyl (C=O) groups excluding carboxylic acids is 2. The summed E-state index contributed by atoms with van der Waals surface area (Å²) in [5.41, 5.74) is 0.845. The number of hydrogen-bond acceptors (Lipinski definition) is 3. The Morgan fingerprint density at radius 1 is 1.13 bits per heavy atom. The van der Waals surface area contributed by atoms with Gasteiger partial charge in [-0.15, -0.1) is 0 Å². The second-order valence-corrected chi connectivity index (χ2v) is 7.30. The minimum atomic E-state index is -0.261. The normalized spacial score (nSPS) is 28.3. The lowest BCUT2D eigenvalue weighted by Gasteiger charge is -2.36. The van der Waals surface area contributed by atoms with Crippen LogP contribution in [-0.4, -0.2) is 48.6 Å². The molecule has 6 heteroatoms. The predicted octanol–water partition coefficient (Wildman–Crippen LogP) is 2.44. The van der Waals surface area contributed by atoms with Gasteiger partial charge in [-0.25, -0.2) is 0 Å². The van der Waals surface area contributed by atoms with E-state index in [-0.39, 0.29) is 36.4 Å². The Labute approximate surface area is 144 Å². The summed E-state index contributed by atoms with van der Waals surface area (Å²) in [6.45, 7) is 5.62. The molecule has 23 heavy (non-hydrogen) atoms. The maximum atomic E-state index is 12.8. The third-order valence-electron chi connectivity index (χ3n) is 4.34. The number of benzene rings is 1. The third-order valence-corrected chi connectivity index (χ3v) is 4.87. The van der Waals surface area contributed by atoms with Crippen molar-refractivity contribution in [3.63, 3.8) is 0 Å². The summed E-state index contributed by atoms with van der Waals surface area (Å²) in [4.78, 5) is 28.6. The molecule has 5 nitrogen and oxygen atoms in total. The molecule has 3 atom stereocenters. The fourth-order valence-electron chi connectivity index (χ4n) is 3.36. The molecular formula is C17H21BrN2O3. The van der Waals surface area contributed by atoms with Crippen LogP contribution in [0.5, 0.6) is 0 Å². The van der Waals surface area contributed by atoms with Gasteiger partial charge >= 0.3 is 0 Å². The lowest BCUT2D eigenvalue weighted by Crippen LogP contribution is -2.50. The maximum absolute atomic E-state index is 12.8. The Balaban J connectivity index is 1.69. The van der Waals surface area contributed by atoms with Gasteiger partial charge in [0, 0.05) is 36.2 Å². The Hall–Kier alpha value is -1.40. The highest BCUT2D eigenvalue weighted by Crippen LogP contribution is 2.28. The fourth-order valence-corrected chi connectivity index (χ4v) is 3.62. The van der Waals surface area contributed by atoms with Gasteiger partial charge in [0.25, 0.3) is 0 Å². The van der Waals surface area contributed by atoms with Gasteiger partial charge in [0.15, 0.2) is 0 Å². The number of halogens is 1. The molecule has 2 aliphatic heterocycles. The molecular weight excluding hydrogens is 360 g/mol. The van der Waals surface area contributed by atoms with Crippen LogP contribution in [0.15, 0.2) is 28.7 Å². The first-order chi connectivity index (χ1) is 10.9. The molecule has 0 radical (unpaired) electrons. The summed E-state index contributed by atoms with van der Waals surface area (Å²) in [6.07, 6.45) is 0.374. The molecule has 0 aliphatic carbocycles. The van der Waals surface area contributed by atoms with Crippen molar-refractivity contribution in [1.82, 2.24) is 4.90 Å². The summed E-state index contributed by atoms with van der Waals surface area (Å²) in [7, 11) is 0. The van der Waals surface area contributed by atoms with E-state index in [4.69, 9.17) is 4.74 Å². The summed E-state index contributed by atoms with van der Waals surface area (Å²) in [6, 6.07) is 7.60. The Morgan fingerprint density at radius 2 is 1.74 bits per heavy atom. The predicted molar refractivity (Wildman–Crippen MR) is 91.2 cm³/mol. The molecule has 2 amide bonds. The molecule has 3 unspecified atom stereocenters. The first-order valence-corrected chi connectivity index (χ1v) is 8.73. The minimum Gasteiger partial charge on any atom is -0.372 e. The standard InChI is InChI=1S/C17H21BrN2O3/c1-11-8-19(9-12(2)23-11)17(22)13-7-16(21)20(10-13)15-5-3-14(18)4-6-15/h3-6,11-13H,7-10H2,1-2H3. The third kappa shape index (κ3) is 3.58. The first kappa shape index (κ1) is 16.5. The molecule has 2 heterocycles. The average Bonchev–Trinajstić information content (AvgIpc) is 2.88. The van der Waals surface area contributed by atoms with E-state index in [1.165, 1.54) is 0 Å². The van der Waals surface area contributed by atoms with E-state index in [2.05, 4.69) is 15.9 Å². The van der Waals surface area contributed by atoms with Crippen molar-refractivity contribution in [2.24, 2.45) is 5.92 Å². The van der Waals surface area contributed by atoms with Gasteiger partial charge in [-0.05, 0) is 38.1 Å². The van der Waals surface area contributed by atoms with Crippen molar-refractivity contribution in [3.8, 4) is 0 Å². The van der Waals surface area contributed by atoms with Crippen molar-refractivity contribution >= 4 is 33.4 Å². The first-order valence-electron chi connectivity index (χ1n) is 7.94. The number of carbonyl (C=O) groups is 2. The van der Waals surface area contributed by atoms with Gasteiger partial charge in [0.1, 0.15) is 0 Å². The summed E-state index contributed by atoms with van der Waals surface area (Å²) < 4.78 is 6.65. The fraction of sp³-hybridized carbons (Fsp3) is 0.529. The van der Waals surface area contributed by atoms with E-state index in [0.29, 0.717) is 19.6 Å². The highest BCUT2D eigenvalue weighted by Gasteiger charge is 2.38. The highest BCUT2D eigenvalue weighted by molar-refractivity contribution is 9.10. The van der Waals surface area contributed by atoms with Gasteiger partial charge in [-0.2, -0.15) is 0 Å². The van der Waals surface area contributed by atoms with Gasteiger partial charge < -0.3 is 14.5 Å². The van der Waals surface area contributed by atoms with Crippen LogP contribution in [0.2, 0.25) is 0 Å². The number of ether oxygens (including phenoxy) is 1. The smallest absolute Gasteiger partial charge is 0.228 e. The van der Waals surface area contributed by atoms with E-state index in [1.54, 1.807) is 4.90 Å². The van der Waals surface area contributed by atoms with Crippen molar-refractivity contribution in [3.05, 3.63) is 28.7 Å². The molecule has 124 valence electrons. The van der Waals surface area contributed by atoms with Crippen LogP contribution < -0.4 is 4.90 Å². The largest absolute Gasteiger partial charge is 0.372 e. The van der Waals surface area contributed by atoms with Gasteiger partial charge in [-0.1, -0.05) is 15.9 Å². The number of hydrogen-bond donors (Lipinski definition) is 0. The van der Waals surface area contributed by atoms with Crippen LogP contribution in [0.4, 0.5) is 5.69 Å². The number of nitrogens with zero attached hydrogens (tertiary/aromatic N) is 2. The zero-order valence-corrected chi connectivity index (χ0v) is 15.0. The van der Waals surface area contributed by atoms with Crippen LogP contribution in [0.25, 0.3) is 0 Å². The molecule has 0 aromatic heterocycles. The summed E-state index contributed by atoms with van der Waals surface area (Å²) >= 11 is 3.39. The molecule has 1 aromatic rings. The van der Waals surface area contributed by atoms with E-state index in [9.17, 15) is 9.59 Å². The van der Waals surface area contributed by atoms with Gasteiger partial charge in [0.05, 0.1) is 18.1 Å². The minimum absolute atomic E-state index is 0.0139. The molecule has 2 saturated heterocycles. The molecule has 1 aromatic carbocycles. The van der Waals surface area contributed by atoms with Crippen molar-refractivity contribution in [1.29, 1.82) is 0 Å². The number of amides is 2. The van der Waals surface area contributed by atoms with Crippen LogP contribution in [-0.2, 0) is 14.3 Å². The molecule has 0 spiro atoms. The number of anilines is 1. The molecule has 2 fully saturated rings. The van der Waals surface area contributed by atoms with Crippen LogP contribution >= 0.6 is 15.9 Å². The SMILES string of the molecule is CC1CN(C(=O)C2CC(=O)N(c3ccc(Br)cc3)C2)CC(C)O1. The summed E-state index contributed by atoms with van der Waals surface area (Å²) in [5, 5.41) is 0. The van der Waals surface area contributed by atoms with Crippen LogP contribution in [0, 0.1) is 5.92 Å². The second kappa shape index (κ2) is 6.61. The quantitative estimate of drug-likeness (QED) is 0.791. The summed E-state index contributed by atoms with van der Waals surface area (Å²) in [5.74, 6) is -0.177. The average molecular weight is 381 g/mol. The molecule has 2 aliphatic rings. The maximum Gasteiger partial charge on any atom is 0.228 e. The van der Waals surface area contributed by atoms with Crippen molar-refractivity contribution in [2.45, 2.75) is 32.5 Å². The zero-order valence-electron chi connectivity index (χ0n) is 13.4. The van der Waals surface area contributed by atoms with Crippen molar-refractivity contribution in [2.75, 3.05) is 24.5 Å². The molecule has 0 saturated carbocycles. The molecule has 0 bridgehead atoms. The lowest BCUT2D eigenvalue weighted by atomic mass is 10.1. The number of morpholine rings is 1. The van der Waals surface area contributed by atoms with E-state index in [1.807, 2.05) is 43.0 Å². The van der Waals surface area contributed by atoms with E-state index in [0.717, 1.165) is 10.2 Å². The second-order valence-electron chi connectivity index (χ2n) is 6.38. The monoisotopic (exact) mass is 380 g/mol. The topological polar surface area (TPSA) is 49.9 Å². The van der Waals surface area contributed by atoms with Gasteiger partial charge in [-0.3, -0.25) is 9.59 Å². The lowest BCUT2D eigenvalue weighted by molar-refractivity contribution is -0.147. The van der Waals surface area contributed by atoms with Crippen LogP contribution in [0.3, 0.4) is 0 Å². The zero-order chi connectivity index (χ0) is 16.6. The Morgan fingerprint density at radius 3 is 2.35 bits per heavy atom. The van der Waals surface area contributed by atoms with Crippen LogP contribution in [0.1, 0.15) is 20.3 Å². The number of rotatable bonds is 2.